The van der Waals surface area contributed by atoms with E-state index in [1.807, 2.05) is 0 Å². The van der Waals surface area contributed by atoms with Crippen LogP contribution in [0, 0.1) is 5.41 Å². The Labute approximate surface area is 423 Å². The number of pyridine rings is 1. The molecule has 2 saturated carbocycles. The van der Waals surface area contributed by atoms with Crippen molar-refractivity contribution >= 4 is 35.2 Å². The maximum atomic E-state index is 12.8. The number of ether oxygens (including phenoxy) is 6. The minimum Gasteiger partial charge on any atom is -0.855 e. The summed E-state index contributed by atoms with van der Waals surface area (Å²) in [7, 11) is 4.97. The molecule has 0 bridgehead atoms. The number of rotatable bonds is 16. The minimum atomic E-state index is -4.29. The van der Waals surface area contributed by atoms with Crippen molar-refractivity contribution in [2.24, 2.45) is 31.1 Å². The number of carbonyl (C=O) groups excluding carboxylic acids is 5. The fourth-order valence-corrected chi connectivity index (χ4v) is 6.69. The molecule has 0 saturated heterocycles. The molecule has 1 spiro atoms. The predicted octanol–water partition coefficient (Wildman–Crippen LogP) is -1.01. The van der Waals surface area contributed by atoms with Crippen molar-refractivity contribution in [2.75, 3.05) is 46.7 Å². The Morgan fingerprint density at radius 2 is 1.50 bits per heavy atom. The first-order valence-corrected chi connectivity index (χ1v) is 21.7. The van der Waals surface area contributed by atoms with Crippen molar-refractivity contribution in [1.82, 2.24) is 39.9 Å². The van der Waals surface area contributed by atoms with Gasteiger partial charge in [0.25, 0.3) is 17.4 Å². The number of H-pyrrole nitrogens is 1. The second kappa shape index (κ2) is 30.6. The average molecular weight is 1010 g/mol. The van der Waals surface area contributed by atoms with Gasteiger partial charge in [-0.05, 0) is 78.0 Å². The summed E-state index contributed by atoms with van der Waals surface area (Å²) in [6, 6.07) is 3.13. The topological polar surface area (TPSA) is 313 Å². The number of amides is 2. The summed E-state index contributed by atoms with van der Waals surface area (Å²) in [6.07, 6.45) is 4.73. The van der Waals surface area contributed by atoms with Crippen molar-refractivity contribution in [3.05, 3.63) is 75.8 Å². The van der Waals surface area contributed by atoms with E-state index in [4.69, 9.17) is 25.1 Å². The molecule has 2 amide bonds. The first-order chi connectivity index (χ1) is 32.6. The summed E-state index contributed by atoms with van der Waals surface area (Å²) in [6.45, 7) is 8.84. The Kier molecular flexibility index (Phi) is 27.2. The zero-order valence-electron chi connectivity index (χ0n) is 40.8. The van der Waals surface area contributed by atoms with E-state index in [0.717, 1.165) is 31.9 Å². The molecule has 0 aliphatic heterocycles. The van der Waals surface area contributed by atoms with Crippen LogP contribution < -0.4 is 72.0 Å². The van der Waals surface area contributed by atoms with E-state index in [9.17, 15) is 41.9 Å². The number of hydrazine groups is 1. The average Bonchev–Trinajstić information content (AvgIpc) is 3.95. The van der Waals surface area contributed by atoms with Crippen molar-refractivity contribution in [3.63, 3.8) is 0 Å². The molecule has 2 aliphatic rings. The van der Waals surface area contributed by atoms with Crippen LogP contribution in [0.15, 0.2) is 53.5 Å². The number of primary amides is 1. The zero-order valence-corrected chi connectivity index (χ0v) is 42.8. The number of aryl methyl sites for hydroxylation is 2. The number of halogens is 3. The van der Waals surface area contributed by atoms with Gasteiger partial charge in [-0.2, -0.15) is 18.3 Å². The molecule has 2 fully saturated rings. The molecule has 4 aromatic rings. The van der Waals surface area contributed by atoms with Crippen molar-refractivity contribution < 1.29 is 100 Å². The number of hydrogen-bond donors (Lipinski definition) is 5. The van der Waals surface area contributed by atoms with Gasteiger partial charge in [-0.25, -0.2) is 18.9 Å². The molecule has 0 radical (unpaired) electrons. The molecule has 2 aliphatic carbocycles. The molecule has 23 nitrogen and oxygen atoms in total. The molecule has 4 heterocycles. The van der Waals surface area contributed by atoms with Crippen LogP contribution in [0.2, 0.25) is 0 Å². The molecular formula is C43H62F3N10NaO13. The van der Waals surface area contributed by atoms with E-state index in [0.29, 0.717) is 17.7 Å². The first-order valence-electron chi connectivity index (χ1n) is 21.7. The molecule has 0 aromatic carbocycles. The number of aromatic nitrogens is 6. The maximum Gasteiger partial charge on any atom is 1.00 e. The molecule has 6 rings (SSSR count). The Bertz CT molecular complexity index is 2350. The monoisotopic (exact) mass is 1010 g/mol. The van der Waals surface area contributed by atoms with Gasteiger partial charge < -0.3 is 44.6 Å². The van der Waals surface area contributed by atoms with Gasteiger partial charge in [-0.1, -0.05) is 6.92 Å². The van der Waals surface area contributed by atoms with Crippen molar-refractivity contribution in [2.45, 2.75) is 85.0 Å². The van der Waals surface area contributed by atoms with Crippen LogP contribution in [-0.2, 0) is 42.6 Å². The summed E-state index contributed by atoms with van der Waals surface area (Å²) < 4.78 is 71.1. The molecule has 70 heavy (non-hydrogen) atoms. The number of aromatic amines is 1. The number of hydrogen-bond acceptors (Lipinski definition) is 17. The van der Waals surface area contributed by atoms with E-state index >= 15 is 0 Å². The summed E-state index contributed by atoms with van der Waals surface area (Å²) in [4.78, 5) is 68.9. The Balaban J connectivity index is 0.000000594. The fourth-order valence-electron chi connectivity index (χ4n) is 6.69. The normalized spacial score (nSPS) is 16.1. The van der Waals surface area contributed by atoms with Crippen molar-refractivity contribution in [1.29, 1.82) is 0 Å². The fraction of sp³-hybridized carbons (Fsp3) is 0.535. The van der Waals surface area contributed by atoms with Crippen LogP contribution in [-0.4, -0.2) is 124 Å². The maximum absolute atomic E-state index is 12.8. The van der Waals surface area contributed by atoms with Crippen LogP contribution in [0.4, 0.5) is 13.2 Å². The zero-order chi connectivity index (χ0) is 51.9. The number of nitrogens with one attached hydrogen (secondary N) is 3. The predicted molar refractivity (Wildman–Crippen MR) is 238 cm³/mol. The number of nitrogens with two attached hydrogens (primary N) is 2. The standard InChI is InChI=1S/C23H25F3N6O4.C10H16O5.C7H10N2O3.C2H5O.CH6N2.Na/c1-31-12-17(19(27)33)21(30-31)36-15-8-22(9-15)6-13(7-22)29-20(34)16-10-28-32-11-14(2-3-18(16)32)35-5-4-23(24,25)26;1-4-13-7-8(9(11)14-5-2)10(12)15-6-3;1-3-12-7(11)5-4-9(2)8-6(5)10;1-2-3;1-3-2;/h2-3,10-13,15H,4-9H2,1H3,(H2,27,33)(H,29,34);7H,4-6H2,1-3H3;4H,3H2,1-2H3,(H,8,10);2H2,1H3;3H,2H2,1H3;/q;;;-1;;+1. The molecule has 27 heteroatoms. The molecule has 4 aromatic heterocycles. The number of fused-ring (bicyclic) bond motifs is 1. The summed E-state index contributed by atoms with van der Waals surface area (Å²) in [5.74, 6) is 2.18. The largest absolute Gasteiger partial charge is 1.00 e. The van der Waals surface area contributed by atoms with Gasteiger partial charge in [0, 0.05) is 32.5 Å². The molecule has 0 unspecified atom stereocenters. The van der Waals surface area contributed by atoms with E-state index in [-0.39, 0.29) is 108 Å². The van der Waals surface area contributed by atoms with Gasteiger partial charge in [0.15, 0.2) is 5.57 Å². The molecule has 0 atom stereocenters. The van der Waals surface area contributed by atoms with Crippen LogP contribution in [0.1, 0.15) is 97.8 Å². The number of carbonyl (C=O) groups is 5. The Morgan fingerprint density at radius 3 is 2.00 bits per heavy atom. The minimum absolute atomic E-state index is 0. The van der Waals surface area contributed by atoms with E-state index in [2.05, 4.69) is 46.1 Å². The SMILES string of the molecule is CCOC(=O)c1cn(C)[nH]c1=O.CCOC=C(C(=O)OCC)C(=O)OCC.CC[O-].CNN.Cn1cc(C(N)=O)c(OC2CC3(CC(NC(=O)c4cnn5cc(OCCC(F)(F)F)ccc45)C3)C2)n1.[Na+]. The van der Waals surface area contributed by atoms with Crippen LogP contribution in [0.25, 0.3) is 5.52 Å². The van der Waals surface area contributed by atoms with Gasteiger partial charge in [-0.15, -0.1) is 11.7 Å². The third-order valence-corrected chi connectivity index (χ3v) is 9.44. The Hall–Kier alpha value is -5.93. The summed E-state index contributed by atoms with van der Waals surface area (Å²) in [5.41, 5.74) is 8.29. The van der Waals surface area contributed by atoms with E-state index < -0.39 is 48.6 Å². The van der Waals surface area contributed by atoms with E-state index in [1.54, 1.807) is 61.8 Å². The van der Waals surface area contributed by atoms with Crippen molar-refractivity contribution in [3.8, 4) is 11.6 Å². The van der Waals surface area contributed by atoms with Crippen LogP contribution >= 0.6 is 0 Å². The third kappa shape index (κ3) is 19.8. The van der Waals surface area contributed by atoms with Crippen LogP contribution in [0.3, 0.4) is 0 Å². The molecule has 384 valence electrons. The number of alkyl halides is 3. The number of esters is 3. The van der Waals surface area contributed by atoms with Gasteiger partial charge >= 0.3 is 53.6 Å². The summed E-state index contributed by atoms with van der Waals surface area (Å²) in [5, 5.41) is 22.7. The first kappa shape index (κ1) is 62.1. The second-order valence-corrected chi connectivity index (χ2v) is 14.9. The summed E-state index contributed by atoms with van der Waals surface area (Å²) >= 11 is 0. The van der Waals surface area contributed by atoms with Gasteiger partial charge in [0.2, 0.25) is 5.88 Å². The Morgan fingerprint density at radius 1 is 0.914 bits per heavy atom. The third-order valence-electron chi connectivity index (χ3n) is 9.44. The molecular weight excluding hydrogens is 945 g/mol. The van der Waals surface area contributed by atoms with E-state index in [1.165, 1.54) is 44.7 Å². The van der Waals surface area contributed by atoms with Crippen LogP contribution in [0.5, 0.6) is 11.6 Å². The number of nitrogens with zero attached hydrogens (tertiary/aromatic N) is 5. The second-order valence-electron chi connectivity index (χ2n) is 14.9. The molecule has 7 N–H and O–H groups in total. The van der Waals surface area contributed by atoms with Gasteiger partial charge in [-0.3, -0.25) is 40.1 Å². The smallest absolute Gasteiger partial charge is 0.855 e. The van der Waals surface area contributed by atoms with Gasteiger partial charge in [0.05, 0.1) is 62.9 Å². The quantitative estimate of drug-likeness (QED) is 0.0103. The van der Waals surface area contributed by atoms with Gasteiger partial charge in [0.1, 0.15) is 29.2 Å².